The number of hydrogen-bond donors (Lipinski definition) is 3. The van der Waals surface area contributed by atoms with Crippen LogP contribution in [0.3, 0.4) is 0 Å². The molecule has 67 heavy (non-hydrogen) atoms. The van der Waals surface area contributed by atoms with Crippen LogP contribution in [0.2, 0.25) is 0 Å². The number of fused-ring (bicyclic) bond motifs is 3. The van der Waals surface area contributed by atoms with Crippen LogP contribution in [0.25, 0.3) is 0 Å². The number of esters is 1. The van der Waals surface area contributed by atoms with E-state index in [0.717, 1.165) is 34.8 Å². The topological polar surface area (TPSA) is 150 Å². The summed E-state index contributed by atoms with van der Waals surface area (Å²) in [5.41, 5.74) is 2.90. The van der Waals surface area contributed by atoms with Gasteiger partial charge in [-0.1, -0.05) is 127 Å². The minimum atomic E-state index is -1.97. The van der Waals surface area contributed by atoms with Crippen molar-refractivity contribution < 1.29 is 38.5 Å². The number of aliphatic hydroxyl groups is 1. The fraction of sp³-hybridized carbons (Fsp3) is 0.259. The molecule has 3 saturated heterocycles. The molecule has 3 N–H and O–H groups in total. The van der Waals surface area contributed by atoms with Crippen LogP contribution in [0.15, 0.2) is 164 Å². The highest BCUT2D eigenvalue weighted by Crippen LogP contribution is 2.66. The number of para-hydroxylation sites is 2. The average Bonchev–Trinajstić information content (AvgIpc) is 3.83. The van der Waals surface area contributed by atoms with E-state index in [1.54, 1.807) is 36.4 Å². The summed E-state index contributed by atoms with van der Waals surface area (Å²) in [6.45, 7) is 4.14. The molecule has 0 saturated carbocycles. The van der Waals surface area contributed by atoms with Crippen LogP contribution in [0.1, 0.15) is 59.0 Å². The van der Waals surface area contributed by atoms with Crippen molar-refractivity contribution in [3.8, 4) is 5.75 Å². The standard InChI is InChI=1S/C54H51N5O8/c1-35(36-15-5-2-6-16-36)55-53(64)58-43-23-13-12-22-42(43)54(52(58)63)45(50(61)56-39-25-27-40(28-26-39)57-29-32-65-33-30-57)47-51(62)67-48(38-19-9-4-10-20-38)46(37-17-7-3-8-18-37)59(47)49(54)41-21-11-14-24-44(41)66-34-31-60/h2-28,35,45-49,60H,29-34H2,1H3,(H,55,64)(H,56,61)/t35-,45+,46+,47+,48-,49-,54+/m1/s1. The molecule has 1 spiro atoms. The Morgan fingerprint density at radius 1 is 0.761 bits per heavy atom. The number of amides is 4. The highest BCUT2D eigenvalue weighted by Gasteiger charge is 2.76. The molecule has 3 fully saturated rings. The van der Waals surface area contributed by atoms with Crippen LogP contribution in [0.5, 0.6) is 5.75 Å². The first-order chi connectivity index (χ1) is 32.8. The van der Waals surface area contributed by atoms with Crippen LogP contribution in [-0.2, 0) is 29.3 Å². The van der Waals surface area contributed by atoms with E-state index in [1.165, 1.54) is 0 Å². The predicted octanol–water partition coefficient (Wildman–Crippen LogP) is 7.67. The maximum atomic E-state index is 16.5. The molecule has 13 nitrogen and oxygen atoms in total. The molecule has 7 atom stereocenters. The van der Waals surface area contributed by atoms with E-state index in [-0.39, 0.29) is 18.9 Å². The van der Waals surface area contributed by atoms with E-state index in [9.17, 15) is 9.90 Å². The number of carbonyl (C=O) groups is 4. The van der Waals surface area contributed by atoms with Crippen molar-refractivity contribution in [1.82, 2.24) is 10.2 Å². The molecule has 4 aliphatic heterocycles. The number of nitrogens with zero attached hydrogens (tertiary/aromatic N) is 3. The summed E-state index contributed by atoms with van der Waals surface area (Å²) in [6, 6.07) is 45.7. The van der Waals surface area contributed by atoms with E-state index in [0.29, 0.717) is 41.3 Å². The number of aliphatic hydroxyl groups excluding tert-OH is 1. The van der Waals surface area contributed by atoms with Gasteiger partial charge in [0.1, 0.15) is 29.9 Å². The van der Waals surface area contributed by atoms with Gasteiger partial charge in [-0.05, 0) is 65.6 Å². The Morgan fingerprint density at radius 2 is 1.39 bits per heavy atom. The third-order valence-electron chi connectivity index (χ3n) is 13.6. The smallest absolute Gasteiger partial charge is 0.329 e. The number of carbonyl (C=O) groups excluding carboxylic acids is 4. The molecule has 6 aromatic carbocycles. The van der Waals surface area contributed by atoms with Gasteiger partial charge in [0, 0.05) is 30.0 Å². The Morgan fingerprint density at radius 3 is 2.09 bits per heavy atom. The predicted molar refractivity (Wildman–Crippen MR) is 252 cm³/mol. The zero-order valence-corrected chi connectivity index (χ0v) is 36.9. The van der Waals surface area contributed by atoms with Crippen molar-refractivity contribution in [1.29, 1.82) is 0 Å². The quantitative estimate of drug-likeness (QED) is 0.111. The van der Waals surface area contributed by atoms with E-state index in [2.05, 4.69) is 15.5 Å². The van der Waals surface area contributed by atoms with E-state index >= 15 is 14.4 Å². The molecule has 0 aliphatic carbocycles. The second kappa shape index (κ2) is 18.5. The molecular weight excluding hydrogens is 847 g/mol. The molecule has 0 unspecified atom stereocenters. The fourth-order valence-electron chi connectivity index (χ4n) is 10.7. The van der Waals surface area contributed by atoms with Crippen LogP contribution >= 0.6 is 0 Å². The third-order valence-corrected chi connectivity index (χ3v) is 13.6. The van der Waals surface area contributed by atoms with Crippen LogP contribution in [-0.4, -0.2) is 79.4 Å². The molecule has 10 rings (SSSR count). The highest BCUT2D eigenvalue weighted by atomic mass is 16.6. The number of cyclic esters (lactones) is 1. The molecule has 4 aliphatic rings. The van der Waals surface area contributed by atoms with E-state index in [1.807, 2.05) is 139 Å². The lowest BCUT2D eigenvalue weighted by Gasteiger charge is -2.46. The SMILES string of the molecule is C[C@@H](NC(=O)N1C(=O)[C@@]2(c3ccccc31)[C@H](C(=O)Nc1ccc(N3CCOCC3)cc1)[C@H]1C(=O)O[C@H](c3ccccc3)[C@H](c3ccccc3)N1[C@@H]2c1ccccc1OCCO)c1ccccc1. The van der Waals surface area contributed by atoms with Gasteiger partial charge in [-0.15, -0.1) is 0 Å². The van der Waals surface area contributed by atoms with Gasteiger partial charge in [0.15, 0.2) is 0 Å². The number of imide groups is 1. The van der Waals surface area contributed by atoms with Crippen molar-refractivity contribution >= 4 is 40.9 Å². The molecule has 340 valence electrons. The van der Waals surface area contributed by atoms with Crippen LogP contribution in [0.4, 0.5) is 21.9 Å². The first-order valence-corrected chi connectivity index (χ1v) is 22.7. The van der Waals surface area contributed by atoms with Crippen molar-refractivity contribution in [2.24, 2.45) is 5.92 Å². The largest absolute Gasteiger partial charge is 0.491 e. The summed E-state index contributed by atoms with van der Waals surface area (Å²) in [5, 5.41) is 16.3. The van der Waals surface area contributed by atoms with E-state index < -0.39 is 65.4 Å². The number of morpholine rings is 2. The van der Waals surface area contributed by atoms with Crippen molar-refractivity contribution in [2.45, 2.75) is 42.6 Å². The minimum Gasteiger partial charge on any atom is -0.491 e. The van der Waals surface area contributed by atoms with Gasteiger partial charge in [0.25, 0.3) is 0 Å². The first kappa shape index (κ1) is 43.6. The Kier molecular flexibility index (Phi) is 12.0. The summed E-state index contributed by atoms with van der Waals surface area (Å²) in [4.78, 5) is 68.0. The van der Waals surface area contributed by atoms with Crippen LogP contribution in [0, 0.1) is 5.92 Å². The maximum absolute atomic E-state index is 16.5. The second-order valence-corrected chi connectivity index (χ2v) is 17.2. The summed E-state index contributed by atoms with van der Waals surface area (Å²) in [6.07, 6.45) is -0.898. The molecule has 6 aromatic rings. The van der Waals surface area contributed by atoms with Crippen LogP contribution < -0.4 is 25.2 Å². The van der Waals surface area contributed by atoms with Gasteiger partial charge in [0.05, 0.1) is 49.6 Å². The number of urea groups is 1. The Hall–Kier alpha value is -7.32. The number of ether oxygens (including phenoxy) is 3. The Labute approximate surface area is 388 Å². The van der Waals surface area contributed by atoms with Gasteiger partial charge in [-0.25, -0.2) is 9.69 Å². The first-order valence-electron chi connectivity index (χ1n) is 22.7. The Balaban J connectivity index is 1.20. The zero-order chi connectivity index (χ0) is 46.1. The maximum Gasteiger partial charge on any atom is 0.329 e. The van der Waals surface area contributed by atoms with Crippen molar-refractivity contribution in [3.05, 3.63) is 192 Å². The van der Waals surface area contributed by atoms with E-state index in [4.69, 9.17) is 14.2 Å². The number of rotatable bonds is 11. The summed E-state index contributed by atoms with van der Waals surface area (Å²) in [5.74, 6) is -3.16. The lowest BCUT2D eigenvalue weighted by atomic mass is 9.65. The summed E-state index contributed by atoms with van der Waals surface area (Å²) < 4.78 is 18.5. The number of nitrogens with one attached hydrogen (secondary N) is 2. The normalized spacial score (nSPS) is 23.8. The minimum absolute atomic E-state index is 0.0717. The van der Waals surface area contributed by atoms with Gasteiger partial charge in [-0.2, -0.15) is 0 Å². The van der Waals surface area contributed by atoms with Gasteiger partial charge < -0.3 is 34.9 Å². The highest BCUT2D eigenvalue weighted by molar-refractivity contribution is 6.25. The lowest BCUT2D eigenvalue weighted by molar-refractivity contribution is -0.177. The number of anilines is 3. The second-order valence-electron chi connectivity index (χ2n) is 17.2. The number of hydrogen-bond acceptors (Lipinski definition) is 10. The molecule has 13 heteroatoms. The molecule has 0 bridgehead atoms. The molecule has 4 amide bonds. The third kappa shape index (κ3) is 7.68. The monoisotopic (exact) mass is 897 g/mol. The molecule has 4 heterocycles. The zero-order valence-electron chi connectivity index (χ0n) is 36.9. The molecule has 0 aromatic heterocycles. The lowest BCUT2D eigenvalue weighted by Crippen LogP contribution is -2.55. The van der Waals surface area contributed by atoms with Crippen molar-refractivity contribution in [2.75, 3.05) is 54.6 Å². The van der Waals surface area contributed by atoms with Crippen molar-refractivity contribution in [3.63, 3.8) is 0 Å². The number of benzene rings is 6. The van der Waals surface area contributed by atoms with Gasteiger partial charge >= 0.3 is 12.0 Å². The Bertz CT molecular complexity index is 2750. The molecular formula is C54H51N5O8. The fourth-order valence-corrected chi connectivity index (χ4v) is 10.7. The summed E-state index contributed by atoms with van der Waals surface area (Å²) >= 11 is 0. The van der Waals surface area contributed by atoms with Gasteiger partial charge in [-0.3, -0.25) is 19.3 Å². The summed E-state index contributed by atoms with van der Waals surface area (Å²) in [7, 11) is 0. The van der Waals surface area contributed by atoms with Gasteiger partial charge in [0.2, 0.25) is 11.8 Å². The average molecular weight is 898 g/mol. The molecule has 0 radical (unpaired) electrons.